The number of carbonyl (C=O) groups is 2. The van der Waals surface area contributed by atoms with Crippen LogP contribution in [0.3, 0.4) is 0 Å². The maximum atomic E-state index is 12.6. The predicted molar refractivity (Wildman–Crippen MR) is 92.6 cm³/mol. The van der Waals surface area contributed by atoms with Gasteiger partial charge in [-0.1, -0.05) is 30.3 Å². The molecule has 1 N–H and O–H groups in total. The molecule has 2 heterocycles. The molecule has 0 aliphatic rings. The third-order valence-corrected chi connectivity index (χ3v) is 4.46. The summed E-state index contributed by atoms with van der Waals surface area (Å²) in [7, 11) is 1.28. The molecule has 0 aliphatic heterocycles. The van der Waals surface area contributed by atoms with Gasteiger partial charge in [-0.25, -0.2) is 4.98 Å². The Morgan fingerprint density at radius 1 is 1.32 bits per heavy atom. The third-order valence-electron chi connectivity index (χ3n) is 3.69. The lowest BCUT2D eigenvalue weighted by molar-refractivity contribution is -0.141. The van der Waals surface area contributed by atoms with Crippen LogP contribution in [0.5, 0.6) is 0 Å². The second-order valence-electron chi connectivity index (χ2n) is 5.25. The summed E-state index contributed by atoms with van der Waals surface area (Å²) in [5.74, 6) is -1.05. The van der Waals surface area contributed by atoms with E-state index in [0.29, 0.717) is 4.96 Å². The van der Waals surface area contributed by atoms with Crippen LogP contribution >= 0.6 is 11.3 Å². The lowest BCUT2D eigenvalue weighted by atomic mass is 10.0. The highest BCUT2D eigenvalue weighted by atomic mass is 32.1. The van der Waals surface area contributed by atoms with E-state index in [1.54, 1.807) is 35.8 Å². The summed E-state index contributed by atoms with van der Waals surface area (Å²) in [6, 6.07) is 8.42. The Labute approximate surface area is 146 Å². The van der Waals surface area contributed by atoms with Gasteiger partial charge in [0.2, 0.25) is 0 Å². The Hall–Kier alpha value is -3.00. The number of hydrogen-bond donors (Lipinski definition) is 1. The van der Waals surface area contributed by atoms with Crippen molar-refractivity contribution in [2.45, 2.75) is 12.5 Å². The fourth-order valence-corrected chi connectivity index (χ4v) is 3.08. The molecule has 0 bridgehead atoms. The van der Waals surface area contributed by atoms with Crippen LogP contribution < -0.4 is 10.9 Å². The van der Waals surface area contributed by atoms with Gasteiger partial charge in [0.1, 0.15) is 5.56 Å². The summed E-state index contributed by atoms with van der Waals surface area (Å²) in [4.78, 5) is 41.3. The molecule has 8 heteroatoms. The average Bonchev–Trinajstić information content (AvgIpc) is 3.11. The Morgan fingerprint density at radius 2 is 2.08 bits per heavy atom. The molecule has 1 unspecified atom stereocenters. The molecular formula is C17H15N3O4S. The molecule has 7 nitrogen and oxygen atoms in total. The standard InChI is InChI=1S/C17H15N3O4S/c1-24-14(21)9-13(11-5-3-2-4-6-11)19-15(22)12-10-18-17-20(16(12)23)7-8-25-17/h2-8,10,13H,9H2,1H3,(H,19,22). The minimum absolute atomic E-state index is 0.0400. The minimum Gasteiger partial charge on any atom is -0.469 e. The molecule has 0 aliphatic carbocycles. The van der Waals surface area contributed by atoms with Crippen LogP contribution in [0, 0.1) is 0 Å². The number of nitrogens with zero attached hydrogens (tertiary/aromatic N) is 2. The Morgan fingerprint density at radius 3 is 2.80 bits per heavy atom. The van der Waals surface area contributed by atoms with E-state index in [4.69, 9.17) is 4.74 Å². The van der Waals surface area contributed by atoms with Gasteiger partial charge in [-0.15, -0.1) is 11.3 Å². The van der Waals surface area contributed by atoms with Crippen LogP contribution in [0.2, 0.25) is 0 Å². The molecule has 1 aromatic carbocycles. The van der Waals surface area contributed by atoms with Crippen molar-refractivity contribution in [3.8, 4) is 0 Å². The second-order valence-corrected chi connectivity index (χ2v) is 6.12. The van der Waals surface area contributed by atoms with Gasteiger partial charge in [-0.3, -0.25) is 18.8 Å². The molecule has 1 atom stereocenters. The molecule has 2 aromatic heterocycles. The van der Waals surface area contributed by atoms with Gasteiger partial charge in [-0.2, -0.15) is 0 Å². The molecule has 0 saturated carbocycles. The van der Waals surface area contributed by atoms with Gasteiger partial charge in [-0.05, 0) is 5.56 Å². The van der Waals surface area contributed by atoms with Crippen molar-refractivity contribution in [3.63, 3.8) is 0 Å². The average molecular weight is 357 g/mol. The number of nitrogens with one attached hydrogen (secondary N) is 1. The van der Waals surface area contributed by atoms with Crippen molar-refractivity contribution in [1.82, 2.24) is 14.7 Å². The number of benzene rings is 1. The number of ether oxygens (including phenoxy) is 1. The lowest BCUT2D eigenvalue weighted by Crippen LogP contribution is -2.35. The summed E-state index contributed by atoms with van der Waals surface area (Å²) in [6.07, 6.45) is 2.78. The number of thiazole rings is 1. The monoisotopic (exact) mass is 357 g/mol. The predicted octanol–water partition coefficient (Wildman–Crippen LogP) is 1.79. The van der Waals surface area contributed by atoms with E-state index >= 15 is 0 Å². The fourth-order valence-electron chi connectivity index (χ4n) is 2.40. The van der Waals surface area contributed by atoms with Gasteiger partial charge in [0.15, 0.2) is 4.96 Å². The normalized spacial score (nSPS) is 11.9. The molecule has 1 amide bonds. The SMILES string of the molecule is COC(=O)CC(NC(=O)c1cnc2sccn2c1=O)c1ccccc1. The third kappa shape index (κ3) is 3.58. The molecule has 0 spiro atoms. The first kappa shape index (κ1) is 16.8. The number of aromatic nitrogens is 2. The fraction of sp³-hybridized carbons (Fsp3) is 0.176. The van der Waals surface area contributed by atoms with Gasteiger partial charge >= 0.3 is 5.97 Å². The van der Waals surface area contributed by atoms with Crippen molar-refractivity contribution >= 4 is 28.2 Å². The molecule has 0 radical (unpaired) electrons. The zero-order valence-electron chi connectivity index (χ0n) is 13.3. The first-order valence-corrected chi connectivity index (χ1v) is 8.35. The van der Waals surface area contributed by atoms with Crippen LogP contribution in [0.15, 0.2) is 52.9 Å². The van der Waals surface area contributed by atoms with Crippen LogP contribution in [0.25, 0.3) is 4.96 Å². The highest BCUT2D eigenvalue weighted by Crippen LogP contribution is 2.17. The van der Waals surface area contributed by atoms with E-state index in [0.717, 1.165) is 5.56 Å². The van der Waals surface area contributed by atoms with E-state index in [2.05, 4.69) is 10.3 Å². The molecule has 0 saturated heterocycles. The first-order valence-electron chi connectivity index (χ1n) is 7.47. The Bertz CT molecular complexity index is 965. The molecule has 3 aromatic rings. The number of rotatable bonds is 5. The number of carbonyl (C=O) groups excluding carboxylic acids is 2. The van der Waals surface area contributed by atoms with E-state index in [1.807, 2.05) is 6.07 Å². The first-order chi connectivity index (χ1) is 12.1. The van der Waals surface area contributed by atoms with Crippen molar-refractivity contribution in [2.75, 3.05) is 7.11 Å². The molecule has 0 fully saturated rings. The topological polar surface area (TPSA) is 89.8 Å². The van der Waals surface area contributed by atoms with Crippen LogP contribution in [0.4, 0.5) is 0 Å². The Balaban J connectivity index is 1.90. The highest BCUT2D eigenvalue weighted by molar-refractivity contribution is 7.15. The van der Waals surface area contributed by atoms with Gasteiger partial charge < -0.3 is 10.1 Å². The summed E-state index contributed by atoms with van der Waals surface area (Å²) in [6.45, 7) is 0. The van der Waals surface area contributed by atoms with Crippen molar-refractivity contribution in [1.29, 1.82) is 0 Å². The summed E-state index contributed by atoms with van der Waals surface area (Å²) < 4.78 is 6.01. The summed E-state index contributed by atoms with van der Waals surface area (Å²) in [5.41, 5.74) is 0.209. The number of esters is 1. The summed E-state index contributed by atoms with van der Waals surface area (Å²) >= 11 is 1.30. The number of methoxy groups -OCH3 is 1. The largest absolute Gasteiger partial charge is 0.469 e. The molecule has 25 heavy (non-hydrogen) atoms. The van der Waals surface area contributed by atoms with Crippen molar-refractivity contribution in [2.24, 2.45) is 0 Å². The van der Waals surface area contributed by atoms with Crippen molar-refractivity contribution in [3.05, 3.63) is 69.6 Å². The molecule has 128 valence electrons. The van der Waals surface area contributed by atoms with Crippen LogP contribution in [-0.4, -0.2) is 28.4 Å². The zero-order valence-corrected chi connectivity index (χ0v) is 14.2. The van der Waals surface area contributed by atoms with E-state index < -0.39 is 23.5 Å². The van der Waals surface area contributed by atoms with Crippen molar-refractivity contribution < 1.29 is 14.3 Å². The number of amides is 1. The smallest absolute Gasteiger partial charge is 0.307 e. The minimum atomic E-state index is -0.608. The highest BCUT2D eigenvalue weighted by Gasteiger charge is 2.22. The maximum absolute atomic E-state index is 12.6. The number of hydrogen-bond acceptors (Lipinski definition) is 6. The second kappa shape index (κ2) is 7.27. The maximum Gasteiger partial charge on any atom is 0.307 e. The van der Waals surface area contributed by atoms with Gasteiger partial charge in [0.25, 0.3) is 11.5 Å². The molecule has 3 rings (SSSR count). The van der Waals surface area contributed by atoms with Gasteiger partial charge in [0.05, 0.1) is 19.6 Å². The van der Waals surface area contributed by atoms with E-state index in [1.165, 1.54) is 29.0 Å². The van der Waals surface area contributed by atoms with E-state index in [9.17, 15) is 14.4 Å². The quantitative estimate of drug-likeness (QED) is 0.703. The zero-order chi connectivity index (χ0) is 17.8. The van der Waals surface area contributed by atoms with Gasteiger partial charge in [0, 0.05) is 17.8 Å². The van der Waals surface area contributed by atoms with E-state index in [-0.39, 0.29) is 12.0 Å². The Kier molecular flexibility index (Phi) is 4.90. The van der Waals surface area contributed by atoms with Crippen LogP contribution in [0.1, 0.15) is 28.4 Å². The van der Waals surface area contributed by atoms with Crippen LogP contribution in [-0.2, 0) is 9.53 Å². The molecular weight excluding hydrogens is 342 g/mol. The lowest BCUT2D eigenvalue weighted by Gasteiger charge is -2.18. The number of fused-ring (bicyclic) bond motifs is 1. The summed E-state index contributed by atoms with van der Waals surface area (Å²) in [5, 5.41) is 4.44.